The van der Waals surface area contributed by atoms with Crippen LogP contribution < -0.4 is 11.1 Å². The summed E-state index contributed by atoms with van der Waals surface area (Å²) in [5.74, 6) is -2.05. The fraction of sp³-hybridized carbons (Fsp3) is 0.100. The number of carbonyl (C=O) groups is 2. The van der Waals surface area contributed by atoms with Crippen molar-refractivity contribution in [3.05, 3.63) is 34.3 Å². The van der Waals surface area contributed by atoms with Gasteiger partial charge >= 0.3 is 0 Å². The number of nitrogens with zero attached hydrogens (tertiary/aromatic N) is 1. The van der Waals surface area contributed by atoms with Gasteiger partial charge in [-0.2, -0.15) is 4.99 Å². The number of rotatable bonds is 1. The van der Waals surface area contributed by atoms with Crippen LogP contribution in [0.2, 0.25) is 0 Å². The lowest BCUT2D eigenvalue weighted by atomic mass is 9.97. The summed E-state index contributed by atoms with van der Waals surface area (Å²) in [5.41, 5.74) is 5.86. The van der Waals surface area contributed by atoms with Crippen LogP contribution in [0, 0.1) is 0 Å². The van der Waals surface area contributed by atoms with Crippen molar-refractivity contribution >= 4 is 33.7 Å². The summed E-state index contributed by atoms with van der Waals surface area (Å²) in [6.45, 7) is 0. The van der Waals surface area contributed by atoms with Gasteiger partial charge in [-0.1, -0.05) is 28.1 Å². The molecule has 1 aliphatic rings. The van der Waals surface area contributed by atoms with E-state index >= 15 is 0 Å². The topological polar surface area (TPSA) is 84.5 Å². The molecule has 1 aliphatic heterocycles. The van der Waals surface area contributed by atoms with Crippen LogP contribution in [0.25, 0.3) is 0 Å². The van der Waals surface area contributed by atoms with Crippen molar-refractivity contribution in [2.45, 2.75) is 5.92 Å². The molecule has 0 saturated carbocycles. The molecule has 6 heteroatoms. The summed E-state index contributed by atoms with van der Waals surface area (Å²) >= 11 is 3.28. The second-order valence-electron chi connectivity index (χ2n) is 3.31. The quantitative estimate of drug-likeness (QED) is 0.736. The van der Waals surface area contributed by atoms with E-state index in [1.165, 1.54) is 0 Å². The molecule has 0 fully saturated rings. The Morgan fingerprint density at radius 3 is 2.75 bits per heavy atom. The van der Waals surface area contributed by atoms with Crippen LogP contribution in [0.5, 0.6) is 0 Å². The molecular weight excluding hydrogens is 274 g/mol. The maximum absolute atomic E-state index is 11.6. The molecule has 1 aromatic carbocycles. The third kappa shape index (κ3) is 1.96. The Morgan fingerprint density at radius 1 is 1.38 bits per heavy atom. The van der Waals surface area contributed by atoms with Crippen molar-refractivity contribution in [3.8, 4) is 0 Å². The molecule has 0 aliphatic carbocycles. The van der Waals surface area contributed by atoms with Crippen molar-refractivity contribution in [2.75, 3.05) is 0 Å². The minimum absolute atomic E-state index is 0.152. The predicted molar refractivity (Wildman–Crippen MR) is 61.7 cm³/mol. The minimum atomic E-state index is -0.912. The van der Waals surface area contributed by atoms with Gasteiger partial charge in [0.25, 0.3) is 5.91 Å². The fourth-order valence-electron chi connectivity index (χ4n) is 1.50. The van der Waals surface area contributed by atoms with Crippen LogP contribution in [0.3, 0.4) is 0 Å². The number of hydrogen-bond acceptors (Lipinski definition) is 3. The van der Waals surface area contributed by atoms with E-state index < -0.39 is 17.7 Å². The summed E-state index contributed by atoms with van der Waals surface area (Å²) < 4.78 is 0.799. The van der Waals surface area contributed by atoms with E-state index in [4.69, 9.17) is 5.73 Å². The molecule has 3 N–H and O–H groups in total. The van der Waals surface area contributed by atoms with Crippen molar-refractivity contribution < 1.29 is 9.59 Å². The number of nitrogens with one attached hydrogen (secondary N) is 1. The Balaban J connectivity index is 2.41. The van der Waals surface area contributed by atoms with Gasteiger partial charge < -0.3 is 5.73 Å². The number of aliphatic imine (C=N–C) groups is 1. The van der Waals surface area contributed by atoms with E-state index in [0.717, 1.165) is 4.47 Å². The maximum atomic E-state index is 11.6. The van der Waals surface area contributed by atoms with Gasteiger partial charge in [0.05, 0.1) is 0 Å². The van der Waals surface area contributed by atoms with Crippen LogP contribution in [-0.4, -0.2) is 17.8 Å². The average molecular weight is 282 g/mol. The van der Waals surface area contributed by atoms with E-state index in [2.05, 4.69) is 26.2 Å². The van der Waals surface area contributed by atoms with E-state index in [1.54, 1.807) is 18.2 Å². The van der Waals surface area contributed by atoms with Crippen molar-refractivity contribution in [2.24, 2.45) is 10.7 Å². The van der Waals surface area contributed by atoms with Crippen LogP contribution >= 0.6 is 15.9 Å². The first-order chi connectivity index (χ1) is 7.58. The summed E-state index contributed by atoms with van der Waals surface area (Å²) in [6, 6.07) is 6.97. The monoisotopic (exact) mass is 281 g/mol. The summed E-state index contributed by atoms with van der Waals surface area (Å²) in [4.78, 5) is 26.7. The molecule has 0 radical (unpaired) electrons. The van der Waals surface area contributed by atoms with Gasteiger partial charge in [0.1, 0.15) is 5.92 Å². The first-order valence-electron chi connectivity index (χ1n) is 4.52. The SMILES string of the molecule is NC1=NC(=O)C(c2cccc(Br)c2)C(=O)N1. The fourth-order valence-corrected chi connectivity index (χ4v) is 1.92. The standard InChI is InChI=1S/C10H8BrN3O2/c11-6-3-1-2-5(4-6)7-8(15)13-10(12)14-9(7)16/h1-4,7H,(H3,12,13,14,15,16). The Labute approximate surface area is 99.9 Å². The molecule has 1 aromatic rings. The van der Waals surface area contributed by atoms with Gasteiger partial charge in [0.15, 0.2) is 0 Å². The Kier molecular flexibility index (Phi) is 2.74. The Bertz CT molecular complexity index is 499. The molecule has 0 aromatic heterocycles. The van der Waals surface area contributed by atoms with Gasteiger partial charge in [0, 0.05) is 4.47 Å². The largest absolute Gasteiger partial charge is 0.369 e. The molecule has 82 valence electrons. The molecule has 1 atom stereocenters. The number of amides is 2. The second kappa shape index (κ2) is 4.05. The summed E-state index contributed by atoms with van der Waals surface area (Å²) in [5, 5.41) is 2.33. The third-order valence-electron chi connectivity index (χ3n) is 2.17. The lowest BCUT2D eigenvalue weighted by molar-refractivity contribution is -0.129. The van der Waals surface area contributed by atoms with Crippen molar-refractivity contribution in [1.82, 2.24) is 5.32 Å². The number of carbonyl (C=O) groups excluding carboxylic acids is 2. The molecule has 2 rings (SSSR count). The minimum Gasteiger partial charge on any atom is -0.369 e. The second-order valence-corrected chi connectivity index (χ2v) is 4.23. The van der Waals surface area contributed by atoms with Crippen molar-refractivity contribution in [3.63, 3.8) is 0 Å². The van der Waals surface area contributed by atoms with E-state index in [9.17, 15) is 9.59 Å². The normalized spacial score (nSPS) is 20.3. The molecular formula is C10H8BrN3O2. The van der Waals surface area contributed by atoms with Gasteiger partial charge in [-0.25, -0.2) is 0 Å². The molecule has 2 amide bonds. The van der Waals surface area contributed by atoms with E-state index in [0.29, 0.717) is 5.56 Å². The first-order valence-corrected chi connectivity index (χ1v) is 5.31. The van der Waals surface area contributed by atoms with Gasteiger partial charge in [-0.05, 0) is 17.7 Å². The molecule has 16 heavy (non-hydrogen) atoms. The molecule has 0 spiro atoms. The third-order valence-corrected chi connectivity index (χ3v) is 2.67. The number of hydrogen-bond donors (Lipinski definition) is 2. The van der Waals surface area contributed by atoms with Gasteiger partial charge in [-0.15, -0.1) is 0 Å². The van der Waals surface area contributed by atoms with Gasteiger partial charge in [-0.3, -0.25) is 14.9 Å². The van der Waals surface area contributed by atoms with E-state index in [-0.39, 0.29) is 5.96 Å². The lowest BCUT2D eigenvalue weighted by Gasteiger charge is -2.18. The summed E-state index contributed by atoms with van der Waals surface area (Å²) in [6.07, 6.45) is 0. The number of benzene rings is 1. The zero-order chi connectivity index (χ0) is 11.7. The highest BCUT2D eigenvalue weighted by atomic mass is 79.9. The van der Waals surface area contributed by atoms with Crippen molar-refractivity contribution in [1.29, 1.82) is 0 Å². The average Bonchev–Trinajstić information content (AvgIpc) is 2.15. The molecule has 5 nitrogen and oxygen atoms in total. The maximum Gasteiger partial charge on any atom is 0.265 e. The molecule has 1 unspecified atom stereocenters. The predicted octanol–water partition coefficient (Wildman–Crippen LogP) is 0.504. The number of guanidine groups is 1. The lowest BCUT2D eigenvalue weighted by Crippen LogP contribution is -2.46. The first kappa shape index (κ1) is 10.8. The van der Waals surface area contributed by atoms with Crippen LogP contribution in [-0.2, 0) is 9.59 Å². The number of nitrogens with two attached hydrogens (primary N) is 1. The zero-order valence-corrected chi connectivity index (χ0v) is 9.69. The molecule has 0 bridgehead atoms. The van der Waals surface area contributed by atoms with Gasteiger partial charge in [0.2, 0.25) is 11.9 Å². The highest BCUT2D eigenvalue weighted by molar-refractivity contribution is 9.10. The smallest absolute Gasteiger partial charge is 0.265 e. The van der Waals surface area contributed by atoms with Crippen LogP contribution in [0.4, 0.5) is 0 Å². The highest BCUT2D eigenvalue weighted by Gasteiger charge is 2.32. The molecule has 0 saturated heterocycles. The zero-order valence-electron chi connectivity index (χ0n) is 8.11. The molecule has 1 heterocycles. The summed E-state index contributed by atoms with van der Waals surface area (Å²) in [7, 11) is 0. The van der Waals surface area contributed by atoms with E-state index in [1.807, 2.05) is 6.07 Å². The highest BCUT2D eigenvalue weighted by Crippen LogP contribution is 2.22. The number of halogens is 1. The van der Waals surface area contributed by atoms with Crippen LogP contribution in [0.1, 0.15) is 11.5 Å². The van der Waals surface area contributed by atoms with Crippen LogP contribution in [0.15, 0.2) is 33.7 Å². The Morgan fingerprint density at radius 2 is 2.12 bits per heavy atom. The Hall–Kier alpha value is -1.69.